The van der Waals surface area contributed by atoms with E-state index in [0.29, 0.717) is 31.2 Å². The fraction of sp³-hybridized carbons (Fsp3) is 0.600. The summed E-state index contributed by atoms with van der Waals surface area (Å²) in [7, 11) is -3.51. The van der Waals surface area contributed by atoms with Crippen LogP contribution in [0.4, 0.5) is 0 Å². The summed E-state index contributed by atoms with van der Waals surface area (Å²) in [6.45, 7) is 1.85. The van der Waals surface area contributed by atoms with Crippen LogP contribution in [0, 0.1) is 11.3 Å². The van der Waals surface area contributed by atoms with Crippen LogP contribution in [-0.2, 0) is 14.8 Å². The van der Waals surface area contributed by atoms with E-state index in [0.717, 1.165) is 11.3 Å². The summed E-state index contributed by atoms with van der Waals surface area (Å²) in [6.07, 6.45) is 2.76. The summed E-state index contributed by atoms with van der Waals surface area (Å²) in [4.78, 5) is 1.35. The molecule has 22 heavy (non-hydrogen) atoms. The van der Waals surface area contributed by atoms with Crippen LogP contribution in [0.25, 0.3) is 0 Å². The van der Waals surface area contributed by atoms with E-state index in [1.807, 2.05) is 18.4 Å². The molecule has 0 aliphatic carbocycles. The lowest BCUT2D eigenvalue weighted by molar-refractivity contribution is -0.0552. The van der Waals surface area contributed by atoms with Gasteiger partial charge in [0.25, 0.3) is 0 Å². The normalized spacial score (nSPS) is 29.5. The quantitative estimate of drug-likeness (QED) is 0.838. The SMILES string of the molecule is CSc1ccc(S(=O)(=O)N2C[C@@H]3CCOC[C@]3(CO)C2)cc1. The number of aliphatic hydroxyl groups excluding tert-OH is 1. The lowest BCUT2D eigenvalue weighted by Gasteiger charge is -2.36. The number of aliphatic hydroxyl groups is 1. The molecule has 0 saturated carbocycles. The van der Waals surface area contributed by atoms with Crippen LogP contribution in [0.3, 0.4) is 0 Å². The van der Waals surface area contributed by atoms with Crippen molar-refractivity contribution in [2.24, 2.45) is 11.3 Å². The number of hydrogen-bond acceptors (Lipinski definition) is 5. The molecular formula is C15H21NO4S2. The lowest BCUT2D eigenvalue weighted by atomic mass is 9.76. The second kappa shape index (κ2) is 6.13. The molecular weight excluding hydrogens is 322 g/mol. The Morgan fingerprint density at radius 1 is 1.41 bits per heavy atom. The van der Waals surface area contributed by atoms with Gasteiger partial charge in [0, 0.05) is 30.0 Å². The van der Waals surface area contributed by atoms with Crippen molar-refractivity contribution < 1.29 is 18.3 Å². The molecule has 0 aromatic heterocycles. The molecule has 7 heteroatoms. The monoisotopic (exact) mass is 343 g/mol. The van der Waals surface area contributed by atoms with E-state index in [9.17, 15) is 13.5 Å². The second-order valence-corrected chi connectivity index (χ2v) is 8.85. The predicted octanol–water partition coefficient (Wildman–Crippen LogP) is 1.43. The molecule has 0 bridgehead atoms. The van der Waals surface area contributed by atoms with Gasteiger partial charge in [0.15, 0.2) is 0 Å². The highest BCUT2D eigenvalue weighted by atomic mass is 32.2. The molecule has 122 valence electrons. The largest absolute Gasteiger partial charge is 0.396 e. The van der Waals surface area contributed by atoms with Crippen molar-refractivity contribution >= 4 is 21.8 Å². The van der Waals surface area contributed by atoms with Gasteiger partial charge in [-0.3, -0.25) is 0 Å². The van der Waals surface area contributed by atoms with E-state index in [2.05, 4.69) is 0 Å². The minimum absolute atomic E-state index is 0.0326. The van der Waals surface area contributed by atoms with Crippen molar-refractivity contribution in [3.8, 4) is 0 Å². The van der Waals surface area contributed by atoms with E-state index in [-0.39, 0.29) is 12.5 Å². The number of sulfonamides is 1. The molecule has 2 atom stereocenters. The molecule has 0 unspecified atom stereocenters. The third-order valence-corrected chi connectivity index (χ3v) is 7.36. The molecule has 5 nitrogen and oxygen atoms in total. The Hall–Kier alpha value is -0.600. The Morgan fingerprint density at radius 2 is 2.14 bits per heavy atom. The average molecular weight is 343 g/mol. The Morgan fingerprint density at radius 3 is 2.73 bits per heavy atom. The standard InChI is InChI=1S/C15H21NO4S2/c1-21-13-2-4-14(5-3-13)22(18,19)16-8-12-6-7-20-11-15(12,9-16)10-17/h2-5,12,17H,6-11H2,1H3/t12-,15+/m0/s1. The highest BCUT2D eigenvalue weighted by Crippen LogP contribution is 2.42. The Balaban J connectivity index is 1.86. The first-order valence-electron chi connectivity index (χ1n) is 7.35. The number of rotatable bonds is 4. The lowest BCUT2D eigenvalue weighted by Crippen LogP contribution is -2.43. The number of fused-ring (bicyclic) bond motifs is 1. The molecule has 2 fully saturated rings. The van der Waals surface area contributed by atoms with Crippen LogP contribution in [0.15, 0.2) is 34.1 Å². The molecule has 2 aliphatic rings. The minimum atomic E-state index is -3.51. The summed E-state index contributed by atoms with van der Waals surface area (Å²) in [5.41, 5.74) is -0.440. The van der Waals surface area contributed by atoms with Crippen LogP contribution < -0.4 is 0 Å². The third-order valence-electron chi connectivity index (χ3n) is 4.79. The van der Waals surface area contributed by atoms with Gasteiger partial charge in [-0.2, -0.15) is 4.31 Å². The van der Waals surface area contributed by atoms with Gasteiger partial charge in [-0.25, -0.2) is 8.42 Å². The molecule has 2 saturated heterocycles. The van der Waals surface area contributed by atoms with E-state index < -0.39 is 15.4 Å². The topological polar surface area (TPSA) is 66.8 Å². The summed E-state index contributed by atoms with van der Waals surface area (Å²) in [5.74, 6) is 0.173. The summed E-state index contributed by atoms with van der Waals surface area (Å²) >= 11 is 1.58. The smallest absolute Gasteiger partial charge is 0.243 e. The third kappa shape index (κ3) is 2.69. The zero-order valence-electron chi connectivity index (χ0n) is 12.6. The van der Waals surface area contributed by atoms with Crippen LogP contribution in [0.5, 0.6) is 0 Å². The maximum absolute atomic E-state index is 12.8. The fourth-order valence-corrected chi connectivity index (χ4v) is 5.34. The molecule has 1 aromatic carbocycles. The van der Waals surface area contributed by atoms with E-state index in [4.69, 9.17) is 4.74 Å². The van der Waals surface area contributed by atoms with Crippen LogP contribution in [-0.4, -0.2) is 57.0 Å². The second-order valence-electron chi connectivity index (χ2n) is 6.03. The fourth-order valence-electron chi connectivity index (χ4n) is 3.35. The summed E-state index contributed by atoms with van der Waals surface area (Å²) in [6, 6.07) is 6.97. The highest BCUT2D eigenvalue weighted by molar-refractivity contribution is 7.98. The van der Waals surface area contributed by atoms with Crippen molar-refractivity contribution in [3.63, 3.8) is 0 Å². The Labute approximate surface area is 135 Å². The first-order chi connectivity index (χ1) is 10.5. The van der Waals surface area contributed by atoms with Crippen LogP contribution >= 0.6 is 11.8 Å². The molecule has 0 amide bonds. The van der Waals surface area contributed by atoms with Gasteiger partial charge >= 0.3 is 0 Å². The van der Waals surface area contributed by atoms with Gasteiger partial charge in [0.1, 0.15) is 0 Å². The molecule has 1 N–H and O–H groups in total. The average Bonchev–Trinajstić information content (AvgIpc) is 2.96. The molecule has 2 aliphatic heterocycles. The number of nitrogens with zero attached hydrogens (tertiary/aromatic N) is 1. The van der Waals surface area contributed by atoms with Crippen molar-refractivity contribution in [3.05, 3.63) is 24.3 Å². The van der Waals surface area contributed by atoms with E-state index >= 15 is 0 Å². The van der Waals surface area contributed by atoms with E-state index in [1.54, 1.807) is 23.9 Å². The van der Waals surface area contributed by atoms with Crippen LogP contribution in [0.1, 0.15) is 6.42 Å². The zero-order valence-corrected chi connectivity index (χ0v) is 14.2. The number of thioether (sulfide) groups is 1. The highest BCUT2D eigenvalue weighted by Gasteiger charge is 2.51. The van der Waals surface area contributed by atoms with E-state index in [1.165, 1.54) is 4.31 Å². The molecule has 2 heterocycles. The molecule has 1 aromatic rings. The predicted molar refractivity (Wildman–Crippen MR) is 85.4 cm³/mol. The van der Waals surface area contributed by atoms with Gasteiger partial charge in [0.2, 0.25) is 10.0 Å². The zero-order chi connectivity index (χ0) is 15.8. The van der Waals surface area contributed by atoms with Crippen LogP contribution in [0.2, 0.25) is 0 Å². The van der Waals surface area contributed by atoms with Gasteiger partial charge in [0.05, 0.1) is 18.1 Å². The van der Waals surface area contributed by atoms with Crippen molar-refractivity contribution in [1.82, 2.24) is 4.31 Å². The minimum Gasteiger partial charge on any atom is -0.396 e. The van der Waals surface area contributed by atoms with Crippen molar-refractivity contribution in [1.29, 1.82) is 0 Å². The summed E-state index contributed by atoms with van der Waals surface area (Å²) in [5, 5.41) is 9.77. The molecule has 3 rings (SSSR count). The van der Waals surface area contributed by atoms with Gasteiger partial charge in [-0.15, -0.1) is 11.8 Å². The van der Waals surface area contributed by atoms with Gasteiger partial charge in [-0.05, 0) is 42.9 Å². The first kappa shape index (κ1) is 16.3. The first-order valence-corrected chi connectivity index (χ1v) is 10.0. The Kier molecular flexibility index (Phi) is 4.53. The summed E-state index contributed by atoms with van der Waals surface area (Å²) < 4.78 is 32.7. The maximum atomic E-state index is 12.8. The number of benzene rings is 1. The number of ether oxygens (including phenoxy) is 1. The van der Waals surface area contributed by atoms with Crippen molar-refractivity contribution in [2.75, 3.05) is 39.2 Å². The Bertz CT molecular complexity index is 631. The van der Waals surface area contributed by atoms with Gasteiger partial charge < -0.3 is 9.84 Å². The maximum Gasteiger partial charge on any atom is 0.243 e. The molecule has 0 radical (unpaired) electrons. The molecule has 0 spiro atoms. The van der Waals surface area contributed by atoms with Gasteiger partial charge in [-0.1, -0.05) is 0 Å². The number of hydrogen-bond donors (Lipinski definition) is 1. The van der Waals surface area contributed by atoms with Crippen molar-refractivity contribution in [2.45, 2.75) is 16.2 Å².